The predicted octanol–water partition coefficient (Wildman–Crippen LogP) is 0.645. The maximum Gasteiger partial charge on any atom is 0.315 e. The van der Waals surface area contributed by atoms with Crippen molar-refractivity contribution in [3.8, 4) is 0 Å². The molecule has 0 spiro atoms. The molecule has 1 aliphatic heterocycles. The lowest BCUT2D eigenvalue weighted by atomic mass is 10.4. The number of ether oxygens (including phenoxy) is 1. The predicted molar refractivity (Wildman–Crippen MR) is 50.4 cm³/mol. The average molecular weight is 189 g/mol. The highest BCUT2D eigenvalue weighted by atomic mass is 32.2. The van der Waals surface area contributed by atoms with Crippen molar-refractivity contribution in [2.24, 2.45) is 0 Å². The Hall–Kier alpha value is -0.220. The van der Waals surface area contributed by atoms with Crippen molar-refractivity contribution in [3.05, 3.63) is 0 Å². The minimum absolute atomic E-state index is 0.0885. The Morgan fingerprint density at radius 1 is 1.75 bits per heavy atom. The lowest BCUT2D eigenvalue weighted by molar-refractivity contribution is -0.139. The van der Waals surface area contributed by atoms with E-state index in [4.69, 9.17) is 4.74 Å². The van der Waals surface area contributed by atoms with Gasteiger partial charge in [0.2, 0.25) is 0 Å². The average Bonchev–Trinajstić information content (AvgIpc) is 2.53. The standard InChI is InChI=1S/C8H15NO2S/c1-2-11-8(10)6-12-7-3-4-9-5-7/h7,9H,2-6H2,1H3. The monoisotopic (exact) mass is 189 g/mol. The molecule has 4 heteroatoms. The summed E-state index contributed by atoms with van der Waals surface area (Å²) in [4.78, 5) is 10.9. The van der Waals surface area contributed by atoms with Crippen LogP contribution >= 0.6 is 11.8 Å². The molecule has 0 radical (unpaired) electrons. The van der Waals surface area contributed by atoms with Crippen LogP contribution in [0.3, 0.4) is 0 Å². The summed E-state index contributed by atoms with van der Waals surface area (Å²) in [6.45, 7) is 4.44. The molecule has 0 saturated carbocycles. The van der Waals surface area contributed by atoms with Gasteiger partial charge in [0.05, 0.1) is 12.4 Å². The molecule has 0 aliphatic carbocycles. The largest absolute Gasteiger partial charge is 0.465 e. The van der Waals surface area contributed by atoms with Gasteiger partial charge in [0.15, 0.2) is 0 Å². The van der Waals surface area contributed by atoms with Crippen LogP contribution in [0, 0.1) is 0 Å². The summed E-state index contributed by atoms with van der Waals surface area (Å²) in [5, 5.41) is 3.86. The van der Waals surface area contributed by atoms with Gasteiger partial charge in [0.25, 0.3) is 0 Å². The highest BCUT2D eigenvalue weighted by molar-refractivity contribution is 8.00. The molecule has 1 heterocycles. The molecule has 1 rings (SSSR count). The van der Waals surface area contributed by atoms with Crippen molar-refractivity contribution < 1.29 is 9.53 Å². The molecule has 0 aromatic rings. The molecule has 0 aromatic carbocycles. The molecule has 70 valence electrons. The van der Waals surface area contributed by atoms with Crippen molar-refractivity contribution in [1.29, 1.82) is 0 Å². The highest BCUT2D eigenvalue weighted by Gasteiger charge is 2.16. The van der Waals surface area contributed by atoms with Crippen LogP contribution in [-0.2, 0) is 9.53 Å². The molecule has 0 bridgehead atoms. The minimum Gasteiger partial charge on any atom is -0.465 e. The molecule has 1 N–H and O–H groups in total. The Kier molecular flexibility index (Phi) is 4.46. The summed E-state index contributed by atoms with van der Waals surface area (Å²) >= 11 is 1.70. The van der Waals surface area contributed by atoms with Gasteiger partial charge in [-0.15, -0.1) is 11.8 Å². The zero-order chi connectivity index (χ0) is 8.81. The molecular weight excluding hydrogens is 174 g/mol. The fourth-order valence-electron chi connectivity index (χ4n) is 1.16. The van der Waals surface area contributed by atoms with Gasteiger partial charge in [0.1, 0.15) is 0 Å². The molecule has 3 nitrogen and oxygen atoms in total. The van der Waals surface area contributed by atoms with E-state index in [1.165, 1.54) is 6.42 Å². The lowest BCUT2D eigenvalue weighted by Gasteiger charge is -2.06. The second-order valence-corrected chi connectivity index (χ2v) is 4.02. The Balaban J connectivity index is 2.03. The van der Waals surface area contributed by atoms with E-state index in [1.54, 1.807) is 11.8 Å². The van der Waals surface area contributed by atoms with E-state index in [1.807, 2.05) is 6.92 Å². The number of nitrogens with one attached hydrogen (secondary N) is 1. The summed E-state index contributed by atoms with van der Waals surface area (Å²) in [7, 11) is 0. The van der Waals surface area contributed by atoms with Crippen LogP contribution in [0.25, 0.3) is 0 Å². The van der Waals surface area contributed by atoms with E-state index in [-0.39, 0.29) is 5.97 Å². The number of hydrogen-bond acceptors (Lipinski definition) is 4. The smallest absolute Gasteiger partial charge is 0.315 e. The molecule has 1 fully saturated rings. The highest BCUT2D eigenvalue weighted by Crippen LogP contribution is 2.16. The van der Waals surface area contributed by atoms with Gasteiger partial charge in [-0.3, -0.25) is 4.79 Å². The van der Waals surface area contributed by atoms with Gasteiger partial charge < -0.3 is 10.1 Å². The maximum absolute atomic E-state index is 10.9. The van der Waals surface area contributed by atoms with Crippen molar-refractivity contribution >= 4 is 17.7 Å². The Morgan fingerprint density at radius 3 is 3.17 bits per heavy atom. The normalized spacial score (nSPS) is 22.6. The van der Waals surface area contributed by atoms with Gasteiger partial charge in [-0.2, -0.15) is 0 Å². The Morgan fingerprint density at radius 2 is 2.58 bits per heavy atom. The molecule has 1 saturated heterocycles. The SMILES string of the molecule is CCOC(=O)CSC1CCNC1. The topological polar surface area (TPSA) is 38.3 Å². The quantitative estimate of drug-likeness (QED) is 0.659. The molecule has 1 atom stereocenters. The van der Waals surface area contributed by atoms with E-state index in [9.17, 15) is 4.79 Å². The number of thioether (sulfide) groups is 1. The van der Waals surface area contributed by atoms with Crippen LogP contribution in [0.5, 0.6) is 0 Å². The third kappa shape index (κ3) is 3.45. The first-order valence-electron chi connectivity index (χ1n) is 4.31. The van der Waals surface area contributed by atoms with Crippen molar-refractivity contribution in [2.45, 2.75) is 18.6 Å². The van der Waals surface area contributed by atoms with Crippen molar-refractivity contribution in [1.82, 2.24) is 5.32 Å². The summed E-state index contributed by atoms with van der Waals surface area (Å²) in [6.07, 6.45) is 1.17. The third-order valence-electron chi connectivity index (χ3n) is 1.76. The third-order valence-corrected chi connectivity index (χ3v) is 3.03. The van der Waals surface area contributed by atoms with E-state index in [0.717, 1.165) is 13.1 Å². The maximum atomic E-state index is 10.9. The number of carbonyl (C=O) groups excluding carboxylic acids is 1. The van der Waals surface area contributed by atoms with Gasteiger partial charge >= 0.3 is 5.97 Å². The Labute approximate surface area is 77.2 Å². The summed E-state index contributed by atoms with van der Waals surface area (Å²) in [5.41, 5.74) is 0. The fourth-order valence-corrected chi connectivity index (χ4v) is 2.13. The summed E-state index contributed by atoms with van der Waals surface area (Å²) in [5.74, 6) is 0.412. The molecule has 0 amide bonds. The number of esters is 1. The number of carbonyl (C=O) groups is 1. The zero-order valence-electron chi connectivity index (χ0n) is 7.34. The van der Waals surface area contributed by atoms with Gasteiger partial charge in [0, 0.05) is 11.8 Å². The molecule has 1 aliphatic rings. The van der Waals surface area contributed by atoms with Crippen LogP contribution in [-0.4, -0.2) is 36.7 Å². The van der Waals surface area contributed by atoms with Crippen LogP contribution in [0.1, 0.15) is 13.3 Å². The molecular formula is C8H15NO2S. The Bertz CT molecular complexity index is 146. The van der Waals surface area contributed by atoms with E-state index >= 15 is 0 Å². The first-order valence-corrected chi connectivity index (χ1v) is 5.35. The zero-order valence-corrected chi connectivity index (χ0v) is 8.15. The summed E-state index contributed by atoms with van der Waals surface area (Å²) in [6, 6.07) is 0. The first-order chi connectivity index (χ1) is 5.83. The van der Waals surface area contributed by atoms with Crippen LogP contribution in [0.15, 0.2) is 0 Å². The first kappa shape index (κ1) is 9.86. The second-order valence-electron chi connectivity index (χ2n) is 2.73. The molecule has 1 unspecified atom stereocenters. The van der Waals surface area contributed by atoms with Gasteiger partial charge in [-0.1, -0.05) is 0 Å². The van der Waals surface area contributed by atoms with Gasteiger partial charge in [-0.05, 0) is 19.9 Å². The summed E-state index contributed by atoms with van der Waals surface area (Å²) < 4.78 is 4.82. The number of rotatable bonds is 4. The van der Waals surface area contributed by atoms with Crippen LogP contribution in [0.2, 0.25) is 0 Å². The lowest BCUT2D eigenvalue weighted by Crippen LogP contribution is -2.14. The minimum atomic E-state index is -0.0885. The van der Waals surface area contributed by atoms with Crippen molar-refractivity contribution in [3.63, 3.8) is 0 Å². The van der Waals surface area contributed by atoms with E-state index < -0.39 is 0 Å². The van der Waals surface area contributed by atoms with E-state index in [2.05, 4.69) is 5.32 Å². The van der Waals surface area contributed by atoms with Crippen LogP contribution in [0.4, 0.5) is 0 Å². The number of hydrogen-bond donors (Lipinski definition) is 1. The molecule has 12 heavy (non-hydrogen) atoms. The van der Waals surface area contributed by atoms with E-state index in [0.29, 0.717) is 17.6 Å². The van der Waals surface area contributed by atoms with Gasteiger partial charge in [-0.25, -0.2) is 0 Å². The van der Waals surface area contributed by atoms with Crippen molar-refractivity contribution in [2.75, 3.05) is 25.4 Å². The van der Waals surface area contributed by atoms with Crippen LogP contribution < -0.4 is 5.32 Å². The molecule has 0 aromatic heterocycles. The fraction of sp³-hybridized carbons (Fsp3) is 0.875. The second kappa shape index (κ2) is 5.43.